The summed E-state index contributed by atoms with van der Waals surface area (Å²) in [4.78, 5) is 30.4. The van der Waals surface area contributed by atoms with Crippen molar-refractivity contribution >= 4 is 40.5 Å². The lowest BCUT2D eigenvalue weighted by Gasteiger charge is -2.23. The van der Waals surface area contributed by atoms with E-state index in [1.54, 1.807) is 42.5 Å². The molecule has 0 unspecified atom stereocenters. The molecule has 0 aromatic heterocycles. The second kappa shape index (κ2) is 10.8. The molecule has 3 N–H and O–H groups in total. The summed E-state index contributed by atoms with van der Waals surface area (Å²) in [7, 11) is 2.13. The van der Waals surface area contributed by atoms with Crippen LogP contribution < -0.4 is 15.5 Å². The molecule has 0 aliphatic carbocycles. The fraction of sp³-hybridized carbons (Fsp3) is 0.259. The van der Waals surface area contributed by atoms with Crippen molar-refractivity contribution in [2.45, 2.75) is 13.3 Å². The molecule has 182 valence electrons. The van der Waals surface area contributed by atoms with Crippen LogP contribution in [0.15, 0.2) is 60.7 Å². The van der Waals surface area contributed by atoms with Crippen LogP contribution in [0.2, 0.25) is 5.02 Å². The molecular weight excluding hydrogens is 464 g/mol. The molecule has 8 heteroatoms. The topological polar surface area (TPSA) is 84.9 Å². The summed E-state index contributed by atoms with van der Waals surface area (Å²) in [5.74, 6) is -0.939. The summed E-state index contributed by atoms with van der Waals surface area (Å²) in [5.41, 5.74) is 3.17. The Bertz CT molecular complexity index is 1230. The van der Waals surface area contributed by atoms with Gasteiger partial charge in [0, 0.05) is 41.5 Å². The van der Waals surface area contributed by atoms with Crippen LogP contribution in [-0.2, 0) is 0 Å². The predicted molar refractivity (Wildman–Crippen MR) is 141 cm³/mol. The largest absolute Gasteiger partial charge is 0.506 e. The first-order valence-corrected chi connectivity index (χ1v) is 11.9. The maximum Gasteiger partial charge on any atom is 0.255 e. The molecule has 0 saturated carbocycles. The van der Waals surface area contributed by atoms with Crippen LogP contribution in [-0.4, -0.2) is 55.0 Å². The molecule has 3 aromatic rings. The second-order valence-corrected chi connectivity index (χ2v) is 9.17. The van der Waals surface area contributed by atoms with Crippen LogP contribution in [0.4, 0.5) is 17.1 Å². The van der Waals surface area contributed by atoms with Crippen molar-refractivity contribution in [1.29, 1.82) is 0 Å². The minimum absolute atomic E-state index is 0.128. The molecule has 1 aliphatic heterocycles. The number of phenols is 1. The average molecular weight is 493 g/mol. The van der Waals surface area contributed by atoms with Crippen LogP contribution in [0.5, 0.6) is 5.75 Å². The molecular formula is C27H29ClN4O3. The Morgan fingerprint density at radius 2 is 1.60 bits per heavy atom. The van der Waals surface area contributed by atoms with Crippen molar-refractivity contribution in [2.24, 2.45) is 0 Å². The number of hydrogen-bond donors (Lipinski definition) is 3. The summed E-state index contributed by atoms with van der Waals surface area (Å²) >= 11 is 6.15. The van der Waals surface area contributed by atoms with E-state index in [0.29, 0.717) is 16.1 Å². The number of nitrogens with one attached hydrogen (secondary N) is 2. The average Bonchev–Trinajstić information content (AvgIpc) is 3.07. The number of likely N-dealkylation sites (N-methyl/N-ethyl adjacent to an activating group) is 1. The fourth-order valence-corrected chi connectivity index (χ4v) is 4.20. The SMILES string of the molecule is Cc1ccc(C(=O)Nc2cccc(O)c2NC(=O)c2ccc(N3CCCN(C)CC3)cc2)cc1Cl. The third-order valence-electron chi connectivity index (χ3n) is 6.18. The molecule has 1 fully saturated rings. The van der Waals surface area contributed by atoms with Crippen molar-refractivity contribution in [2.75, 3.05) is 48.8 Å². The number of amides is 2. The molecule has 4 rings (SSSR count). The Hall–Kier alpha value is -3.55. The van der Waals surface area contributed by atoms with Crippen molar-refractivity contribution in [1.82, 2.24) is 4.90 Å². The highest BCUT2D eigenvalue weighted by Gasteiger charge is 2.17. The maximum atomic E-state index is 13.0. The van der Waals surface area contributed by atoms with Gasteiger partial charge in [-0.3, -0.25) is 9.59 Å². The number of phenolic OH excluding ortho intramolecular Hbond substituents is 1. The van der Waals surface area contributed by atoms with E-state index in [-0.39, 0.29) is 23.0 Å². The first kappa shape index (κ1) is 24.6. The van der Waals surface area contributed by atoms with E-state index >= 15 is 0 Å². The Morgan fingerprint density at radius 3 is 2.34 bits per heavy atom. The number of aromatic hydroxyl groups is 1. The monoisotopic (exact) mass is 492 g/mol. The van der Waals surface area contributed by atoms with E-state index in [9.17, 15) is 14.7 Å². The normalized spacial score (nSPS) is 14.3. The lowest BCUT2D eigenvalue weighted by atomic mass is 10.1. The highest BCUT2D eigenvalue weighted by atomic mass is 35.5. The Balaban J connectivity index is 1.48. The van der Waals surface area contributed by atoms with Gasteiger partial charge in [-0.05, 0) is 81.0 Å². The summed E-state index contributed by atoms with van der Waals surface area (Å²) in [6.45, 7) is 5.84. The predicted octanol–water partition coefficient (Wildman–Crippen LogP) is 5.00. The lowest BCUT2D eigenvalue weighted by Crippen LogP contribution is -2.28. The molecule has 0 spiro atoms. The number of halogens is 1. The van der Waals surface area contributed by atoms with E-state index in [2.05, 4.69) is 27.5 Å². The second-order valence-electron chi connectivity index (χ2n) is 8.76. The number of carbonyl (C=O) groups excluding carboxylic acids is 2. The number of rotatable bonds is 5. The van der Waals surface area contributed by atoms with Gasteiger partial charge in [0.05, 0.1) is 5.69 Å². The fourth-order valence-electron chi connectivity index (χ4n) is 4.02. The van der Waals surface area contributed by atoms with E-state index in [1.165, 1.54) is 6.07 Å². The summed E-state index contributed by atoms with van der Waals surface area (Å²) in [6.07, 6.45) is 1.09. The minimum Gasteiger partial charge on any atom is -0.506 e. The smallest absolute Gasteiger partial charge is 0.255 e. The lowest BCUT2D eigenvalue weighted by molar-refractivity contribution is 0.101. The van der Waals surface area contributed by atoms with Crippen molar-refractivity contribution in [3.05, 3.63) is 82.4 Å². The standard InChI is InChI=1S/C27H29ClN4O3/c1-18-7-8-20(17-22(18)28)27(35)29-23-5-3-6-24(33)25(23)30-26(34)19-9-11-21(12-10-19)32-14-4-13-31(2)15-16-32/h3,5-12,17,33H,4,13-16H2,1-2H3,(H,29,35)(H,30,34). The van der Waals surface area contributed by atoms with Gasteiger partial charge >= 0.3 is 0 Å². The molecule has 0 atom stereocenters. The van der Waals surface area contributed by atoms with Gasteiger partial charge in [-0.1, -0.05) is 23.7 Å². The molecule has 1 heterocycles. The Labute approximate surface area is 210 Å². The minimum atomic E-state index is -0.402. The number of nitrogens with zero attached hydrogens (tertiary/aromatic N) is 2. The summed E-state index contributed by atoms with van der Waals surface area (Å²) < 4.78 is 0. The molecule has 1 aliphatic rings. The van der Waals surface area contributed by atoms with Gasteiger partial charge in [0.2, 0.25) is 0 Å². The van der Waals surface area contributed by atoms with Crippen molar-refractivity contribution in [3.8, 4) is 5.75 Å². The van der Waals surface area contributed by atoms with Gasteiger partial charge in [-0.25, -0.2) is 0 Å². The van der Waals surface area contributed by atoms with Gasteiger partial charge in [0.25, 0.3) is 11.8 Å². The van der Waals surface area contributed by atoms with Gasteiger partial charge < -0.3 is 25.5 Å². The Kier molecular flexibility index (Phi) is 7.58. The molecule has 0 radical (unpaired) electrons. The van der Waals surface area contributed by atoms with Gasteiger partial charge in [0.1, 0.15) is 11.4 Å². The Morgan fingerprint density at radius 1 is 0.886 bits per heavy atom. The van der Waals surface area contributed by atoms with Crippen LogP contribution in [0, 0.1) is 6.92 Å². The van der Waals surface area contributed by atoms with Crippen molar-refractivity contribution < 1.29 is 14.7 Å². The van der Waals surface area contributed by atoms with Crippen LogP contribution >= 0.6 is 11.6 Å². The molecule has 35 heavy (non-hydrogen) atoms. The van der Waals surface area contributed by atoms with Gasteiger partial charge in [0.15, 0.2) is 0 Å². The van der Waals surface area contributed by atoms with Crippen LogP contribution in [0.25, 0.3) is 0 Å². The third-order valence-corrected chi connectivity index (χ3v) is 6.58. The van der Waals surface area contributed by atoms with Gasteiger partial charge in [-0.15, -0.1) is 0 Å². The zero-order valence-electron chi connectivity index (χ0n) is 19.8. The zero-order chi connectivity index (χ0) is 24.9. The number of benzene rings is 3. The first-order valence-electron chi connectivity index (χ1n) is 11.6. The highest BCUT2D eigenvalue weighted by molar-refractivity contribution is 6.31. The van der Waals surface area contributed by atoms with Crippen LogP contribution in [0.1, 0.15) is 32.7 Å². The molecule has 1 saturated heterocycles. The first-order chi connectivity index (χ1) is 16.8. The molecule has 0 bridgehead atoms. The number of para-hydroxylation sites is 1. The highest BCUT2D eigenvalue weighted by Crippen LogP contribution is 2.33. The van der Waals surface area contributed by atoms with Crippen LogP contribution in [0.3, 0.4) is 0 Å². The summed E-state index contributed by atoms with van der Waals surface area (Å²) in [6, 6.07) is 17.1. The number of carbonyl (C=O) groups is 2. The molecule has 3 aromatic carbocycles. The number of anilines is 3. The summed E-state index contributed by atoms with van der Waals surface area (Å²) in [5, 5.41) is 16.4. The number of aryl methyl sites for hydroxylation is 1. The van der Waals surface area contributed by atoms with E-state index in [0.717, 1.165) is 43.9 Å². The third kappa shape index (κ3) is 5.93. The number of hydrogen-bond acceptors (Lipinski definition) is 5. The van der Waals surface area contributed by atoms with E-state index in [1.807, 2.05) is 19.1 Å². The quantitative estimate of drug-likeness (QED) is 0.436. The molecule has 7 nitrogen and oxygen atoms in total. The maximum absolute atomic E-state index is 13.0. The van der Waals surface area contributed by atoms with Gasteiger partial charge in [-0.2, -0.15) is 0 Å². The molecule has 2 amide bonds. The zero-order valence-corrected chi connectivity index (χ0v) is 20.6. The van der Waals surface area contributed by atoms with E-state index in [4.69, 9.17) is 11.6 Å². The van der Waals surface area contributed by atoms with E-state index < -0.39 is 5.91 Å². The van der Waals surface area contributed by atoms with Crippen molar-refractivity contribution in [3.63, 3.8) is 0 Å².